The van der Waals surface area contributed by atoms with Gasteiger partial charge in [0, 0.05) is 49.9 Å². The largest absolute Gasteiger partial charge is 0.345 e. The zero-order valence-electron chi connectivity index (χ0n) is 15.6. The second kappa shape index (κ2) is 8.53. The van der Waals surface area contributed by atoms with Gasteiger partial charge in [-0.1, -0.05) is 35.9 Å². The number of amides is 2. The van der Waals surface area contributed by atoms with Crippen molar-refractivity contribution in [2.45, 2.75) is 25.8 Å². The van der Waals surface area contributed by atoms with E-state index in [4.69, 9.17) is 11.6 Å². The summed E-state index contributed by atoms with van der Waals surface area (Å²) in [6.45, 7) is 3.04. The molecule has 3 rings (SSSR count). The lowest BCUT2D eigenvalue weighted by molar-refractivity contribution is -0.135. The van der Waals surface area contributed by atoms with Crippen LogP contribution in [-0.4, -0.2) is 46.7 Å². The molecule has 1 aromatic carbocycles. The van der Waals surface area contributed by atoms with Gasteiger partial charge in [-0.15, -0.1) is 0 Å². The van der Waals surface area contributed by atoms with Crippen LogP contribution in [-0.2, 0) is 16.0 Å². The molecule has 0 unspecified atom stereocenters. The van der Waals surface area contributed by atoms with Crippen molar-refractivity contribution in [2.24, 2.45) is 5.92 Å². The van der Waals surface area contributed by atoms with Crippen LogP contribution < -0.4 is 0 Å². The van der Waals surface area contributed by atoms with Gasteiger partial charge >= 0.3 is 0 Å². The first kappa shape index (κ1) is 19.4. The zero-order chi connectivity index (χ0) is 19.4. The van der Waals surface area contributed by atoms with Gasteiger partial charge in [0.05, 0.1) is 12.0 Å². The highest BCUT2D eigenvalue weighted by Crippen LogP contribution is 2.41. The Morgan fingerprint density at radius 3 is 2.67 bits per heavy atom. The molecule has 5 nitrogen and oxygen atoms in total. The number of hydrogen-bond acceptors (Lipinski definition) is 3. The van der Waals surface area contributed by atoms with Crippen molar-refractivity contribution in [3.05, 3.63) is 64.9 Å². The van der Waals surface area contributed by atoms with E-state index in [0.717, 1.165) is 11.3 Å². The number of halogens is 1. The second-order valence-corrected chi connectivity index (χ2v) is 7.19. The van der Waals surface area contributed by atoms with Crippen molar-refractivity contribution >= 4 is 23.4 Å². The van der Waals surface area contributed by atoms with E-state index in [9.17, 15) is 9.59 Å². The van der Waals surface area contributed by atoms with Gasteiger partial charge in [-0.05, 0) is 30.7 Å². The molecule has 1 fully saturated rings. The van der Waals surface area contributed by atoms with Crippen LogP contribution in [0.5, 0.6) is 0 Å². The number of benzene rings is 1. The number of carbonyl (C=O) groups excluding carboxylic acids is 2. The predicted molar refractivity (Wildman–Crippen MR) is 105 cm³/mol. The number of carbonyl (C=O) groups is 2. The van der Waals surface area contributed by atoms with Crippen LogP contribution in [0.3, 0.4) is 0 Å². The smallest absolute Gasteiger partial charge is 0.228 e. The molecule has 0 bridgehead atoms. The number of likely N-dealkylation sites (tertiary alicyclic amines) is 1. The normalized spacial score (nSPS) is 19.4. The summed E-state index contributed by atoms with van der Waals surface area (Å²) < 4.78 is 0. The highest BCUT2D eigenvalue weighted by molar-refractivity contribution is 6.31. The lowest BCUT2D eigenvalue weighted by Crippen LogP contribution is -2.38. The summed E-state index contributed by atoms with van der Waals surface area (Å²) in [7, 11) is 1.79. The van der Waals surface area contributed by atoms with E-state index >= 15 is 0 Å². The lowest BCUT2D eigenvalue weighted by Gasteiger charge is -2.30. The number of rotatable bonds is 6. The molecule has 1 aliphatic rings. The third-order valence-electron chi connectivity index (χ3n) is 5.12. The molecule has 0 spiro atoms. The van der Waals surface area contributed by atoms with Crippen LogP contribution >= 0.6 is 11.6 Å². The summed E-state index contributed by atoms with van der Waals surface area (Å²) in [5.41, 5.74) is 1.78. The molecule has 6 heteroatoms. The van der Waals surface area contributed by atoms with Crippen LogP contribution in [0.2, 0.25) is 5.02 Å². The number of nitrogens with zero attached hydrogens (tertiary/aromatic N) is 3. The summed E-state index contributed by atoms with van der Waals surface area (Å²) in [5.74, 6) is -0.454. The molecule has 2 amide bonds. The van der Waals surface area contributed by atoms with Crippen molar-refractivity contribution < 1.29 is 9.59 Å². The highest BCUT2D eigenvalue weighted by Gasteiger charge is 2.45. The van der Waals surface area contributed by atoms with Gasteiger partial charge in [0.2, 0.25) is 11.8 Å². The molecular weight excluding hydrogens is 362 g/mol. The summed E-state index contributed by atoms with van der Waals surface area (Å²) in [5, 5.41) is 0.588. The minimum absolute atomic E-state index is 0.00102. The number of hydrogen-bond donors (Lipinski definition) is 0. The summed E-state index contributed by atoms with van der Waals surface area (Å²) in [6, 6.07) is 12.9. The summed E-state index contributed by atoms with van der Waals surface area (Å²) in [4.78, 5) is 33.4. The number of aromatic nitrogens is 1. The van der Waals surface area contributed by atoms with Gasteiger partial charge in [0.1, 0.15) is 0 Å². The van der Waals surface area contributed by atoms with E-state index in [2.05, 4.69) is 4.98 Å². The highest BCUT2D eigenvalue weighted by atomic mass is 35.5. The lowest BCUT2D eigenvalue weighted by atomic mass is 9.92. The minimum Gasteiger partial charge on any atom is -0.345 e. The molecule has 142 valence electrons. The fraction of sp³-hybridized carbons (Fsp3) is 0.381. The first-order chi connectivity index (χ1) is 13.0. The van der Waals surface area contributed by atoms with Gasteiger partial charge < -0.3 is 9.80 Å². The predicted octanol–water partition coefficient (Wildman–Crippen LogP) is 3.35. The number of likely N-dealkylation sites (N-methyl/N-ethyl adjacent to an activating group) is 1. The van der Waals surface area contributed by atoms with Gasteiger partial charge in [-0.25, -0.2) is 0 Å². The molecule has 2 heterocycles. The summed E-state index contributed by atoms with van der Waals surface area (Å²) in [6.07, 6.45) is 2.65. The molecule has 0 saturated carbocycles. The molecule has 0 N–H and O–H groups in total. The average Bonchev–Trinajstić information content (AvgIpc) is 3.02. The van der Waals surface area contributed by atoms with Gasteiger partial charge in [-0.2, -0.15) is 0 Å². The van der Waals surface area contributed by atoms with E-state index in [1.165, 1.54) is 0 Å². The SMILES string of the molecule is CCN1C(=O)C[C@@H](C(=O)N(C)CCc2ccccn2)[C@@H]1c1ccccc1Cl. The second-order valence-electron chi connectivity index (χ2n) is 6.79. The van der Waals surface area contributed by atoms with Crippen LogP contribution in [0, 0.1) is 5.92 Å². The molecule has 0 aliphatic carbocycles. The summed E-state index contributed by atoms with van der Waals surface area (Å²) >= 11 is 6.39. The van der Waals surface area contributed by atoms with E-state index in [1.807, 2.05) is 43.3 Å². The molecule has 1 saturated heterocycles. The minimum atomic E-state index is -0.425. The standard InChI is InChI=1S/C21H24ClN3O2/c1-3-25-19(26)14-17(20(25)16-9-4-5-10-18(16)22)21(27)24(2)13-11-15-8-6-7-12-23-15/h4-10,12,17,20H,3,11,13-14H2,1-2H3/t17-,20+/m1/s1. The van der Waals surface area contributed by atoms with E-state index < -0.39 is 5.92 Å². The Morgan fingerprint density at radius 1 is 1.26 bits per heavy atom. The average molecular weight is 386 g/mol. The molecule has 1 aromatic heterocycles. The van der Waals surface area contributed by atoms with Crippen LogP contribution in [0.4, 0.5) is 0 Å². The van der Waals surface area contributed by atoms with E-state index in [1.54, 1.807) is 29.1 Å². The maximum atomic E-state index is 13.2. The maximum absolute atomic E-state index is 13.2. The third kappa shape index (κ3) is 4.14. The molecule has 2 aromatic rings. The third-order valence-corrected chi connectivity index (χ3v) is 5.46. The molecule has 27 heavy (non-hydrogen) atoms. The Bertz CT molecular complexity index is 812. The van der Waals surface area contributed by atoms with Crippen LogP contribution in [0.25, 0.3) is 0 Å². The Morgan fingerprint density at radius 2 is 2.00 bits per heavy atom. The van der Waals surface area contributed by atoms with Crippen molar-refractivity contribution in [1.29, 1.82) is 0 Å². The van der Waals surface area contributed by atoms with E-state index in [0.29, 0.717) is 24.5 Å². The quantitative estimate of drug-likeness (QED) is 0.766. The van der Waals surface area contributed by atoms with Crippen molar-refractivity contribution in [2.75, 3.05) is 20.1 Å². The van der Waals surface area contributed by atoms with E-state index in [-0.39, 0.29) is 24.3 Å². The van der Waals surface area contributed by atoms with Crippen LogP contribution in [0.15, 0.2) is 48.7 Å². The molecule has 1 aliphatic heterocycles. The Labute approximate surface area is 164 Å². The zero-order valence-corrected chi connectivity index (χ0v) is 16.4. The van der Waals surface area contributed by atoms with Gasteiger partial charge in [0.25, 0.3) is 0 Å². The maximum Gasteiger partial charge on any atom is 0.228 e. The first-order valence-corrected chi connectivity index (χ1v) is 9.59. The Kier molecular flexibility index (Phi) is 6.11. The topological polar surface area (TPSA) is 53.5 Å². The van der Waals surface area contributed by atoms with Gasteiger partial charge in [-0.3, -0.25) is 14.6 Å². The Balaban J connectivity index is 1.79. The monoisotopic (exact) mass is 385 g/mol. The molecule has 2 atom stereocenters. The molecular formula is C21H24ClN3O2. The molecule has 0 radical (unpaired) electrons. The first-order valence-electron chi connectivity index (χ1n) is 9.21. The Hall–Kier alpha value is -2.40. The number of pyridine rings is 1. The van der Waals surface area contributed by atoms with Crippen molar-refractivity contribution in [1.82, 2.24) is 14.8 Å². The van der Waals surface area contributed by atoms with Crippen LogP contribution in [0.1, 0.15) is 30.6 Å². The van der Waals surface area contributed by atoms with Crippen molar-refractivity contribution in [3.63, 3.8) is 0 Å². The van der Waals surface area contributed by atoms with Crippen molar-refractivity contribution in [3.8, 4) is 0 Å². The fourth-order valence-electron chi connectivity index (χ4n) is 3.71. The van der Waals surface area contributed by atoms with Gasteiger partial charge in [0.15, 0.2) is 0 Å². The fourth-order valence-corrected chi connectivity index (χ4v) is 3.95.